The number of rotatable bonds is 2. The van der Waals surface area contributed by atoms with Crippen molar-refractivity contribution >= 4 is 0 Å². The molecule has 0 radical (unpaired) electrons. The molecule has 0 amide bonds. The Morgan fingerprint density at radius 3 is 2.38 bits per heavy atom. The lowest BCUT2D eigenvalue weighted by Crippen LogP contribution is -2.12. The molecule has 1 N–H and O–H groups in total. The van der Waals surface area contributed by atoms with E-state index in [1.165, 1.54) is 24.4 Å². The van der Waals surface area contributed by atoms with Gasteiger partial charge in [0.2, 0.25) is 0 Å². The van der Waals surface area contributed by atoms with Crippen LogP contribution in [-0.4, -0.2) is 9.97 Å². The molecule has 2 heterocycles. The van der Waals surface area contributed by atoms with Crippen LogP contribution in [0.4, 0.5) is 13.2 Å². The van der Waals surface area contributed by atoms with Crippen LogP contribution >= 0.6 is 0 Å². The van der Waals surface area contributed by atoms with Gasteiger partial charge in [0.25, 0.3) is 5.56 Å². The summed E-state index contributed by atoms with van der Waals surface area (Å²) in [6.07, 6.45) is -3.22. The van der Waals surface area contributed by atoms with Gasteiger partial charge >= 0.3 is 6.18 Å². The average Bonchev–Trinajstić information content (AvgIpc) is 2.60. The zero-order valence-corrected chi connectivity index (χ0v) is 13.6. The minimum absolute atomic E-state index is 0.0443. The van der Waals surface area contributed by atoms with Crippen molar-refractivity contribution in [2.75, 3.05) is 0 Å². The molecule has 0 spiro atoms. The summed E-state index contributed by atoms with van der Waals surface area (Å²) in [5.41, 5.74) is 0.319. The number of nitriles is 1. The highest BCUT2D eigenvalue weighted by Gasteiger charge is 2.34. The molecule has 0 unspecified atom stereocenters. The van der Waals surface area contributed by atoms with E-state index in [4.69, 9.17) is 0 Å². The number of alkyl halides is 3. The number of benzene rings is 1. The van der Waals surface area contributed by atoms with Gasteiger partial charge in [-0.15, -0.1) is 0 Å². The third-order valence-electron chi connectivity index (χ3n) is 3.86. The Morgan fingerprint density at radius 1 is 1.12 bits per heavy atom. The molecule has 0 saturated heterocycles. The Labute approximate surface area is 146 Å². The molecule has 0 fully saturated rings. The Balaban J connectivity index is 2.10. The van der Waals surface area contributed by atoms with Gasteiger partial charge in [-0.3, -0.25) is 9.78 Å². The first-order chi connectivity index (χ1) is 12.3. The predicted molar refractivity (Wildman–Crippen MR) is 90.2 cm³/mol. The van der Waals surface area contributed by atoms with Crippen LogP contribution in [0.2, 0.25) is 0 Å². The fourth-order valence-electron chi connectivity index (χ4n) is 2.70. The molecule has 26 heavy (non-hydrogen) atoms. The molecule has 0 bridgehead atoms. The number of halogens is 3. The maximum absolute atomic E-state index is 13.2. The summed E-state index contributed by atoms with van der Waals surface area (Å²) in [5, 5.41) is 9.20. The molecular formula is C19H12F3N3O. The number of pyridine rings is 2. The van der Waals surface area contributed by atoms with Crippen molar-refractivity contribution in [3.8, 4) is 28.5 Å². The van der Waals surface area contributed by atoms with E-state index in [0.717, 1.165) is 6.07 Å². The minimum atomic E-state index is -4.51. The van der Waals surface area contributed by atoms with E-state index in [9.17, 15) is 23.2 Å². The Hall–Kier alpha value is -3.40. The topological polar surface area (TPSA) is 69.5 Å². The molecule has 0 aliphatic carbocycles. The van der Waals surface area contributed by atoms with Gasteiger partial charge < -0.3 is 4.98 Å². The number of nitrogens with one attached hydrogen (secondary N) is 1. The van der Waals surface area contributed by atoms with E-state index in [1.54, 1.807) is 25.1 Å². The summed E-state index contributed by atoms with van der Waals surface area (Å²) in [4.78, 5) is 18.3. The number of aromatic amines is 1. The maximum atomic E-state index is 13.2. The van der Waals surface area contributed by atoms with Crippen LogP contribution in [0, 0.1) is 18.3 Å². The van der Waals surface area contributed by atoms with Gasteiger partial charge in [-0.05, 0) is 30.7 Å². The van der Waals surface area contributed by atoms with Crippen LogP contribution in [0.3, 0.4) is 0 Å². The number of aromatic nitrogens is 2. The van der Waals surface area contributed by atoms with Crippen molar-refractivity contribution in [2.45, 2.75) is 13.1 Å². The Morgan fingerprint density at radius 2 is 1.77 bits per heavy atom. The van der Waals surface area contributed by atoms with Crippen molar-refractivity contribution in [1.82, 2.24) is 9.97 Å². The zero-order chi connectivity index (χ0) is 18.9. The fourth-order valence-corrected chi connectivity index (χ4v) is 2.70. The van der Waals surface area contributed by atoms with Crippen LogP contribution in [0.5, 0.6) is 0 Å². The first-order valence-corrected chi connectivity index (χ1v) is 7.58. The van der Waals surface area contributed by atoms with Crippen molar-refractivity contribution < 1.29 is 13.2 Å². The number of nitrogens with zero attached hydrogens (tertiary/aromatic N) is 2. The van der Waals surface area contributed by atoms with Crippen molar-refractivity contribution in [3.05, 3.63) is 75.8 Å². The molecule has 1 aromatic carbocycles. The van der Waals surface area contributed by atoms with Gasteiger partial charge in [0.05, 0.1) is 11.3 Å². The van der Waals surface area contributed by atoms with Crippen LogP contribution in [0.25, 0.3) is 22.4 Å². The quantitative estimate of drug-likeness (QED) is 0.745. The van der Waals surface area contributed by atoms with E-state index in [1.807, 2.05) is 6.07 Å². The van der Waals surface area contributed by atoms with Gasteiger partial charge in [0.1, 0.15) is 11.6 Å². The average molecular weight is 355 g/mol. The van der Waals surface area contributed by atoms with Gasteiger partial charge in [0.15, 0.2) is 0 Å². The number of H-pyrrole nitrogens is 1. The molecule has 2 aromatic heterocycles. The zero-order valence-electron chi connectivity index (χ0n) is 13.6. The van der Waals surface area contributed by atoms with Crippen LogP contribution < -0.4 is 5.56 Å². The van der Waals surface area contributed by atoms with Crippen molar-refractivity contribution in [1.29, 1.82) is 5.26 Å². The molecule has 0 aliphatic heterocycles. The van der Waals surface area contributed by atoms with E-state index in [-0.39, 0.29) is 11.3 Å². The summed E-state index contributed by atoms with van der Waals surface area (Å²) in [7, 11) is 0. The molecule has 3 rings (SSSR count). The fraction of sp³-hybridized carbons (Fsp3) is 0.105. The monoisotopic (exact) mass is 355 g/mol. The Kier molecular flexibility index (Phi) is 4.34. The van der Waals surface area contributed by atoms with E-state index >= 15 is 0 Å². The Bertz CT molecular complexity index is 1060. The molecule has 0 aliphatic rings. The van der Waals surface area contributed by atoms with Crippen LogP contribution in [0.1, 0.15) is 16.8 Å². The lowest BCUT2D eigenvalue weighted by atomic mass is 9.98. The van der Waals surface area contributed by atoms with Crippen LogP contribution in [-0.2, 0) is 6.18 Å². The molecule has 0 atom stereocenters. The first-order valence-electron chi connectivity index (χ1n) is 7.58. The van der Waals surface area contributed by atoms with Crippen LogP contribution in [0.15, 0.2) is 53.5 Å². The van der Waals surface area contributed by atoms with Gasteiger partial charge in [-0.1, -0.05) is 24.3 Å². The molecule has 0 saturated carbocycles. The summed E-state index contributed by atoms with van der Waals surface area (Å²) in [6.45, 7) is 1.68. The third-order valence-corrected chi connectivity index (χ3v) is 3.86. The third kappa shape index (κ3) is 3.22. The smallest absolute Gasteiger partial charge is 0.325 e. The standard InChI is InChI=1S/C19H12F3N3O/c1-11-9-14(15(10-23)18(26)25-11)12-4-6-13(7-5-12)17-16(19(20,21)22)3-2-8-24-17/h2-9H,1H3,(H,25,26). The second-order valence-corrected chi connectivity index (χ2v) is 5.66. The summed E-state index contributed by atoms with van der Waals surface area (Å²) >= 11 is 0. The highest BCUT2D eigenvalue weighted by molar-refractivity contribution is 5.74. The van der Waals surface area contributed by atoms with E-state index < -0.39 is 17.3 Å². The summed E-state index contributed by atoms with van der Waals surface area (Å²) < 4.78 is 39.5. The highest BCUT2D eigenvalue weighted by atomic mass is 19.4. The minimum Gasteiger partial charge on any atom is -0.325 e. The lowest BCUT2D eigenvalue weighted by molar-refractivity contribution is -0.137. The van der Waals surface area contributed by atoms with Crippen molar-refractivity contribution in [3.63, 3.8) is 0 Å². The van der Waals surface area contributed by atoms with Gasteiger partial charge in [-0.25, -0.2) is 0 Å². The SMILES string of the molecule is Cc1cc(-c2ccc(-c3ncccc3C(F)(F)F)cc2)c(C#N)c(=O)[nH]1. The second kappa shape index (κ2) is 6.48. The lowest BCUT2D eigenvalue weighted by Gasteiger charge is -2.12. The van der Waals surface area contributed by atoms with E-state index in [2.05, 4.69) is 9.97 Å². The largest absolute Gasteiger partial charge is 0.418 e. The number of hydrogen-bond donors (Lipinski definition) is 1. The van der Waals surface area contributed by atoms with Crippen molar-refractivity contribution in [2.24, 2.45) is 0 Å². The summed E-state index contributed by atoms with van der Waals surface area (Å²) in [6, 6.07) is 11.8. The molecule has 130 valence electrons. The van der Waals surface area contributed by atoms with Gasteiger partial charge in [0, 0.05) is 23.0 Å². The first kappa shape index (κ1) is 17.4. The normalized spacial score (nSPS) is 11.2. The molecular weight excluding hydrogens is 343 g/mol. The summed E-state index contributed by atoms with van der Waals surface area (Å²) in [5.74, 6) is 0. The molecule has 4 nitrogen and oxygen atoms in total. The van der Waals surface area contributed by atoms with Gasteiger partial charge in [-0.2, -0.15) is 18.4 Å². The molecule has 7 heteroatoms. The molecule has 3 aromatic rings. The second-order valence-electron chi connectivity index (χ2n) is 5.66. The number of aryl methyl sites for hydroxylation is 1. The highest BCUT2D eigenvalue weighted by Crippen LogP contribution is 2.36. The van der Waals surface area contributed by atoms with E-state index in [0.29, 0.717) is 22.4 Å². The predicted octanol–water partition coefficient (Wildman–Crippen LogP) is 4.30. The number of hydrogen-bond acceptors (Lipinski definition) is 3. The maximum Gasteiger partial charge on any atom is 0.418 e.